The van der Waals surface area contributed by atoms with E-state index in [1.807, 2.05) is 0 Å². The minimum absolute atomic E-state index is 0.202. The van der Waals surface area contributed by atoms with Crippen molar-refractivity contribution < 1.29 is 31.1 Å². The standard InChI is InChI=1S/C16H12F6N4O2/c1-28-10-2-4-26-11(6-10)24-13(16(20,21)22)12(14(26)27)9-7-23-25(8-9)5-3-15(17,18)19/h2,4,6-8H,3,5H2,1H3. The molecule has 0 aliphatic carbocycles. The van der Waals surface area contributed by atoms with Gasteiger partial charge in [-0.2, -0.15) is 31.4 Å². The van der Waals surface area contributed by atoms with E-state index < -0.39 is 42.1 Å². The predicted octanol–water partition coefficient (Wildman–Crippen LogP) is 3.54. The van der Waals surface area contributed by atoms with Crippen molar-refractivity contribution in [2.45, 2.75) is 25.3 Å². The van der Waals surface area contributed by atoms with Crippen molar-refractivity contribution in [3.8, 4) is 16.9 Å². The monoisotopic (exact) mass is 406 g/mol. The molecule has 0 bridgehead atoms. The highest BCUT2D eigenvalue weighted by molar-refractivity contribution is 5.66. The van der Waals surface area contributed by atoms with Crippen molar-refractivity contribution in [3.63, 3.8) is 0 Å². The second-order valence-corrected chi connectivity index (χ2v) is 5.79. The molecule has 0 unspecified atom stereocenters. The molecule has 28 heavy (non-hydrogen) atoms. The maximum absolute atomic E-state index is 13.5. The normalized spacial score (nSPS) is 12.5. The fraction of sp³-hybridized carbons (Fsp3) is 0.312. The molecule has 0 aromatic carbocycles. The first-order valence-corrected chi connectivity index (χ1v) is 7.77. The molecule has 0 aliphatic rings. The van der Waals surface area contributed by atoms with Gasteiger partial charge in [-0.15, -0.1) is 0 Å². The lowest BCUT2D eigenvalue weighted by atomic mass is 10.1. The predicted molar refractivity (Wildman–Crippen MR) is 84.9 cm³/mol. The third-order valence-corrected chi connectivity index (χ3v) is 3.85. The highest BCUT2D eigenvalue weighted by atomic mass is 19.4. The molecule has 12 heteroatoms. The van der Waals surface area contributed by atoms with Crippen LogP contribution in [0, 0.1) is 0 Å². The maximum atomic E-state index is 13.5. The van der Waals surface area contributed by atoms with Gasteiger partial charge >= 0.3 is 12.4 Å². The summed E-state index contributed by atoms with van der Waals surface area (Å²) in [5, 5.41) is 3.62. The molecule has 6 nitrogen and oxygen atoms in total. The molecule has 3 aromatic rings. The summed E-state index contributed by atoms with van der Waals surface area (Å²) in [6.07, 6.45) is -7.59. The van der Waals surface area contributed by atoms with Crippen LogP contribution >= 0.6 is 0 Å². The quantitative estimate of drug-likeness (QED) is 0.622. The number of nitrogens with zero attached hydrogens (tertiary/aromatic N) is 4. The van der Waals surface area contributed by atoms with E-state index in [-0.39, 0.29) is 17.0 Å². The van der Waals surface area contributed by atoms with Crippen LogP contribution in [0.1, 0.15) is 12.1 Å². The third kappa shape index (κ3) is 3.94. The summed E-state index contributed by atoms with van der Waals surface area (Å²) in [6.45, 7) is -0.593. The zero-order valence-corrected chi connectivity index (χ0v) is 14.2. The summed E-state index contributed by atoms with van der Waals surface area (Å²) in [5.74, 6) is 0.202. The van der Waals surface area contributed by atoms with E-state index in [0.29, 0.717) is 0 Å². The van der Waals surface area contributed by atoms with Crippen molar-refractivity contribution in [1.29, 1.82) is 0 Å². The van der Waals surface area contributed by atoms with Crippen LogP contribution in [0.3, 0.4) is 0 Å². The van der Waals surface area contributed by atoms with Gasteiger partial charge in [0.15, 0.2) is 5.69 Å². The molecule has 3 heterocycles. The fourth-order valence-electron chi connectivity index (χ4n) is 2.57. The Labute approximate surface area is 153 Å². The van der Waals surface area contributed by atoms with E-state index in [1.54, 1.807) is 0 Å². The number of hydrogen-bond donors (Lipinski definition) is 0. The third-order valence-electron chi connectivity index (χ3n) is 3.85. The van der Waals surface area contributed by atoms with Gasteiger partial charge in [-0.3, -0.25) is 13.9 Å². The second-order valence-electron chi connectivity index (χ2n) is 5.79. The molecule has 0 radical (unpaired) electrons. The summed E-state index contributed by atoms with van der Waals surface area (Å²) < 4.78 is 84.2. The average molecular weight is 406 g/mol. The van der Waals surface area contributed by atoms with Gasteiger partial charge in [0.25, 0.3) is 5.56 Å². The average Bonchev–Trinajstić information content (AvgIpc) is 3.06. The smallest absolute Gasteiger partial charge is 0.434 e. The van der Waals surface area contributed by atoms with E-state index in [4.69, 9.17) is 4.74 Å². The summed E-state index contributed by atoms with van der Waals surface area (Å²) in [5.41, 5.74) is -3.85. The van der Waals surface area contributed by atoms with Crippen LogP contribution in [0.4, 0.5) is 26.3 Å². The van der Waals surface area contributed by atoms with Crippen LogP contribution in [-0.2, 0) is 12.7 Å². The summed E-state index contributed by atoms with van der Waals surface area (Å²) in [7, 11) is 1.30. The molecular weight excluding hydrogens is 394 g/mol. The van der Waals surface area contributed by atoms with Gasteiger partial charge in [0, 0.05) is 30.6 Å². The molecule has 0 atom stereocenters. The van der Waals surface area contributed by atoms with Gasteiger partial charge < -0.3 is 4.74 Å². The number of halogens is 6. The largest absolute Gasteiger partial charge is 0.497 e. The molecule has 0 amide bonds. The topological polar surface area (TPSA) is 61.4 Å². The van der Waals surface area contributed by atoms with Crippen molar-refractivity contribution in [2.75, 3.05) is 7.11 Å². The Hall–Kier alpha value is -3.05. The van der Waals surface area contributed by atoms with Gasteiger partial charge in [0.05, 0.1) is 25.3 Å². The number of rotatable bonds is 4. The van der Waals surface area contributed by atoms with Crippen molar-refractivity contribution in [1.82, 2.24) is 19.2 Å². The maximum Gasteiger partial charge on any atom is 0.434 e. The van der Waals surface area contributed by atoms with E-state index in [2.05, 4.69) is 10.1 Å². The molecule has 0 fully saturated rings. The first-order valence-electron chi connectivity index (χ1n) is 7.77. The molecule has 0 saturated heterocycles. The second kappa shape index (κ2) is 6.84. The first-order chi connectivity index (χ1) is 13.0. The Balaban J connectivity index is 2.16. The zero-order chi connectivity index (χ0) is 20.7. The lowest BCUT2D eigenvalue weighted by Gasteiger charge is -2.13. The van der Waals surface area contributed by atoms with Crippen LogP contribution in [-0.4, -0.2) is 32.5 Å². The first kappa shape index (κ1) is 19.7. The van der Waals surface area contributed by atoms with Crippen LogP contribution in [0.2, 0.25) is 0 Å². The Morgan fingerprint density at radius 2 is 1.89 bits per heavy atom. The van der Waals surface area contributed by atoms with Crippen LogP contribution < -0.4 is 10.3 Å². The van der Waals surface area contributed by atoms with Crippen LogP contribution in [0.15, 0.2) is 35.5 Å². The molecular formula is C16H12F6N4O2. The number of alkyl halides is 6. The molecule has 3 rings (SSSR count). The zero-order valence-electron chi connectivity index (χ0n) is 14.2. The van der Waals surface area contributed by atoms with Crippen LogP contribution in [0.5, 0.6) is 5.75 Å². The van der Waals surface area contributed by atoms with Crippen LogP contribution in [0.25, 0.3) is 16.8 Å². The minimum Gasteiger partial charge on any atom is -0.497 e. The Morgan fingerprint density at radius 1 is 1.18 bits per heavy atom. The number of hydrogen-bond acceptors (Lipinski definition) is 4. The van der Waals surface area contributed by atoms with Gasteiger partial charge in [-0.05, 0) is 6.07 Å². The highest BCUT2D eigenvalue weighted by Crippen LogP contribution is 2.34. The minimum atomic E-state index is -4.97. The SMILES string of the molecule is COc1ccn2c(=O)c(-c3cnn(CCC(F)(F)F)c3)c(C(F)(F)F)nc2c1. The molecule has 150 valence electrons. The molecule has 0 saturated carbocycles. The number of ether oxygens (including phenoxy) is 1. The number of aryl methyl sites for hydroxylation is 1. The Bertz CT molecular complexity index is 1070. The molecule has 0 aliphatic heterocycles. The van der Waals surface area contributed by atoms with E-state index >= 15 is 0 Å². The summed E-state index contributed by atoms with van der Waals surface area (Å²) >= 11 is 0. The van der Waals surface area contributed by atoms with E-state index in [0.717, 1.165) is 27.5 Å². The summed E-state index contributed by atoms with van der Waals surface area (Å²) in [4.78, 5) is 16.2. The Morgan fingerprint density at radius 3 is 2.50 bits per heavy atom. The molecule has 0 spiro atoms. The number of fused-ring (bicyclic) bond motifs is 1. The molecule has 3 aromatic heterocycles. The van der Waals surface area contributed by atoms with Gasteiger partial charge in [-0.1, -0.05) is 0 Å². The van der Waals surface area contributed by atoms with E-state index in [1.165, 1.54) is 19.4 Å². The number of aromatic nitrogens is 4. The Kier molecular flexibility index (Phi) is 4.81. The van der Waals surface area contributed by atoms with Gasteiger partial charge in [-0.25, -0.2) is 4.98 Å². The fourth-order valence-corrected chi connectivity index (χ4v) is 2.57. The van der Waals surface area contributed by atoms with Gasteiger partial charge in [0.2, 0.25) is 0 Å². The summed E-state index contributed by atoms with van der Waals surface area (Å²) in [6, 6.07) is 2.52. The van der Waals surface area contributed by atoms with Crippen molar-refractivity contribution in [2.24, 2.45) is 0 Å². The van der Waals surface area contributed by atoms with E-state index in [9.17, 15) is 31.1 Å². The van der Waals surface area contributed by atoms with Gasteiger partial charge in [0.1, 0.15) is 11.4 Å². The lowest BCUT2D eigenvalue weighted by molar-refractivity contribution is -0.140. The number of pyridine rings is 1. The lowest BCUT2D eigenvalue weighted by Crippen LogP contribution is -2.24. The highest BCUT2D eigenvalue weighted by Gasteiger charge is 2.38. The number of methoxy groups -OCH3 is 1. The van der Waals surface area contributed by atoms with Crippen molar-refractivity contribution >= 4 is 5.65 Å². The van der Waals surface area contributed by atoms with Crippen molar-refractivity contribution in [3.05, 3.63) is 46.8 Å². The molecule has 0 N–H and O–H groups in total.